The van der Waals surface area contributed by atoms with E-state index in [1.165, 1.54) is 18.3 Å². The Kier molecular flexibility index (Phi) is 9.63. The largest absolute Gasteiger partial charge is 0.465 e. The lowest BCUT2D eigenvalue weighted by molar-refractivity contribution is -0.124. The smallest absolute Gasteiger partial charge is 0.407 e. The van der Waals surface area contributed by atoms with Gasteiger partial charge >= 0.3 is 12.2 Å². The van der Waals surface area contributed by atoms with E-state index in [1.54, 1.807) is 19.2 Å². The Labute approximate surface area is 217 Å². The highest BCUT2D eigenvalue weighted by Gasteiger charge is 2.28. The van der Waals surface area contributed by atoms with Crippen LogP contribution in [0.1, 0.15) is 29.5 Å². The predicted octanol–water partition coefficient (Wildman–Crippen LogP) is 1.69. The first kappa shape index (κ1) is 27.7. The maximum Gasteiger partial charge on any atom is 0.407 e. The van der Waals surface area contributed by atoms with E-state index in [-0.39, 0.29) is 17.7 Å². The molecular weight excluding hydrogens is 502 g/mol. The lowest BCUT2D eigenvalue weighted by Crippen LogP contribution is -2.52. The van der Waals surface area contributed by atoms with Crippen LogP contribution in [0.15, 0.2) is 24.3 Å². The van der Waals surface area contributed by atoms with Crippen LogP contribution in [0, 0.1) is 5.92 Å². The molecule has 1 aromatic heterocycles. The van der Waals surface area contributed by atoms with Gasteiger partial charge in [0.1, 0.15) is 0 Å². The van der Waals surface area contributed by atoms with Crippen molar-refractivity contribution in [3.63, 3.8) is 0 Å². The summed E-state index contributed by atoms with van der Waals surface area (Å²) in [6.45, 7) is 3.58. The fourth-order valence-electron chi connectivity index (χ4n) is 4.06. The molecule has 1 aliphatic heterocycles. The van der Waals surface area contributed by atoms with Crippen LogP contribution in [-0.2, 0) is 29.0 Å². The van der Waals surface area contributed by atoms with Gasteiger partial charge in [0.2, 0.25) is 11.8 Å². The standard InChI is InChI=1S/C23H31N7O6S/c1-13(31)25-21-27-17(18(37-21)12-30-10-9-15(11-30)19(32)24-2)8-5-14-3-6-16(7-4-14)26-20(28-22(33)34)29-23(35)36/h3-4,6-7,15,20,26,28-29H,5,8-12H2,1-2H3,(H,24,32)(H,33,34)(H,35,36)(H,25,27,31)/t15-/m0/s1. The van der Waals surface area contributed by atoms with Crippen LogP contribution in [-0.4, -0.2) is 70.5 Å². The molecule has 0 radical (unpaired) electrons. The van der Waals surface area contributed by atoms with E-state index in [1.807, 2.05) is 22.8 Å². The molecule has 14 heteroatoms. The van der Waals surface area contributed by atoms with Crippen molar-refractivity contribution in [2.75, 3.05) is 30.8 Å². The number of nitrogens with zero attached hydrogens (tertiary/aromatic N) is 2. The molecule has 0 aliphatic carbocycles. The van der Waals surface area contributed by atoms with Crippen molar-refractivity contribution in [3.8, 4) is 0 Å². The Balaban J connectivity index is 1.64. The number of carboxylic acid groups (broad SMARTS) is 2. The van der Waals surface area contributed by atoms with E-state index >= 15 is 0 Å². The Morgan fingerprint density at radius 3 is 2.38 bits per heavy atom. The molecular formula is C23H31N7O6S. The second kappa shape index (κ2) is 12.9. The zero-order valence-corrected chi connectivity index (χ0v) is 21.4. The molecule has 0 bridgehead atoms. The summed E-state index contributed by atoms with van der Waals surface area (Å²) in [5.74, 6) is -0.170. The Bertz CT molecular complexity index is 1110. The number of anilines is 2. The number of hydrogen-bond donors (Lipinski definition) is 7. The van der Waals surface area contributed by atoms with Crippen LogP contribution >= 0.6 is 11.3 Å². The van der Waals surface area contributed by atoms with Crippen LogP contribution in [0.3, 0.4) is 0 Å². The maximum atomic E-state index is 12.0. The number of amides is 4. The van der Waals surface area contributed by atoms with Crippen molar-refractivity contribution in [2.24, 2.45) is 5.92 Å². The van der Waals surface area contributed by atoms with Gasteiger partial charge in [-0.1, -0.05) is 12.1 Å². The van der Waals surface area contributed by atoms with Gasteiger partial charge in [0.25, 0.3) is 0 Å². The lowest BCUT2D eigenvalue weighted by atomic mass is 10.1. The molecule has 2 aromatic rings. The van der Waals surface area contributed by atoms with E-state index in [4.69, 9.17) is 10.2 Å². The average Bonchev–Trinajstić information content (AvgIpc) is 3.44. The van der Waals surface area contributed by atoms with Crippen LogP contribution in [0.25, 0.3) is 0 Å². The number of hydrogen-bond acceptors (Lipinski definition) is 8. The second-order valence-corrected chi connectivity index (χ2v) is 9.66. The van der Waals surface area contributed by atoms with E-state index < -0.39 is 18.5 Å². The maximum absolute atomic E-state index is 12.0. The quantitative estimate of drug-likeness (QED) is 0.211. The van der Waals surface area contributed by atoms with E-state index in [9.17, 15) is 19.2 Å². The van der Waals surface area contributed by atoms with Gasteiger partial charge in [-0.2, -0.15) is 0 Å². The highest BCUT2D eigenvalue weighted by atomic mass is 32.1. The average molecular weight is 534 g/mol. The number of rotatable bonds is 11. The SMILES string of the molecule is CNC(=O)[C@H]1CCN(Cc2sc(NC(C)=O)nc2CCc2ccc(NC(NC(=O)O)NC(=O)O)cc2)C1. The first-order valence-corrected chi connectivity index (χ1v) is 12.5. The number of carbonyl (C=O) groups excluding carboxylic acids is 2. The molecule has 7 N–H and O–H groups in total. The fourth-order valence-corrected chi connectivity index (χ4v) is 5.15. The molecule has 4 amide bonds. The van der Waals surface area contributed by atoms with Gasteiger partial charge in [-0.05, 0) is 43.5 Å². The van der Waals surface area contributed by atoms with Crippen LogP contribution < -0.4 is 26.6 Å². The summed E-state index contributed by atoms with van der Waals surface area (Å²) in [6, 6.07) is 7.17. The number of aromatic nitrogens is 1. The minimum atomic E-state index is -1.38. The molecule has 1 fully saturated rings. The molecule has 2 heterocycles. The van der Waals surface area contributed by atoms with Crippen molar-refractivity contribution in [1.82, 2.24) is 25.8 Å². The topological polar surface area (TPSA) is 185 Å². The zero-order chi connectivity index (χ0) is 26.9. The molecule has 3 rings (SSSR count). The lowest BCUT2D eigenvalue weighted by Gasteiger charge is -2.19. The third-order valence-electron chi connectivity index (χ3n) is 5.77. The summed E-state index contributed by atoms with van der Waals surface area (Å²) in [5, 5.41) is 30.6. The monoisotopic (exact) mass is 533 g/mol. The number of aryl methyl sites for hydroxylation is 2. The summed E-state index contributed by atoms with van der Waals surface area (Å²) in [6.07, 6.45) is -1.86. The van der Waals surface area contributed by atoms with Gasteiger partial charge < -0.3 is 26.2 Å². The number of nitrogens with one attached hydrogen (secondary N) is 5. The molecule has 0 unspecified atom stereocenters. The number of benzene rings is 1. The molecule has 1 aromatic carbocycles. The molecule has 37 heavy (non-hydrogen) atoms. The van der Waals surface area contributed by atoms with Crippen LogP contribution in [0.4, 0.5) is 20.4 Å². The molecule has 1 aliphatic rings. The second-order valence-electron chi connectivity index (χ2n) is 8.58. The summed E-state index contributed by atoms with van der Waals surface area (Å²) < 4.78 is 0. The third-order valence-corrected chi connectivity index (χ3v) is 6.77. The summed E-state index contributed by atoms with van der Waals surface area (Å²) >= 11 is 1.44. The van der Waals surface area contributed by atoms with Gasteiger partial charge in [0.15, 0.2) is 11.4 Å². The van der Waals surface area contributed by atoms with Crippen LogP contribution in [0.5, 0.6) is 0 Å². The zero-order valence-electron chi connectivity index (χ0n) is 20.5. The molecule has 200 valence electrons. The summed E-state index contributed by atoms with van der Waals surface area (Å²) in [4.78, 5) is 53.2. The van der Waals surface area contributed by atoms with E-state index in [0.29, 0.717) is 36.8 Å². The van der Waals surface area contributed by atoms with E-state index in [2.05, 4.69) is 25.8 Å². The Morgan fingerprint density at radius 2 is 1.78 bits per heavy atom. The van der Waals surface area contributed by atoms with Crippen molar-refractivity contribution >= 4 is 46.2 Å². The molecule has 0 saturated carbocycles. The van der Waals surface area contributed by atoms with Crippen molar-refractivity contribution in [2.45, 2.75) is 39.0 Å². The van der Waals surface area contributed by atoms with E-state index in [0.717, 1.165) is 29.1 Å². The summed E-state index contributed by atoms with van der Waals surface area (Å²) in [5.41, 5.74) is 2.41. The van der Waals surface area contributed by atoms with Crippen molar-refractivity contribution in [1.29, 1.82) is 0 Å². The first-order valence-electron chi connectivity index (χ1n) is 11.7. The Morgan fingerprint density at radius 1 is 1.11 bits per heavy atom. The van der Waals surface area contributed by atoms with Gasteiger partial charge in [0.05, 0.1) is 11.6 Å². The number of likely N-dealkylation sites (tertiary alicyclic amines) is 1. The molecule has 0 spiro atoms. The number of carbonyl (C=O) groups is 4. The van der Waals surface area contributed by atoms with Gasteiger partial charge in [-0.15, -0.1) is 11.3 Å². The van der Waals surface area contributed by atoms with Crippen molar-refractivity contribution in [3.05, 3.63) is 40.4 Å². The van der Waals surface area contributed by atoms with Crippen molar-refractivity contribution < 1.29 is 29.4 Å². The minimum absolute atomic E-state index is 0.0284. The fraction of sp³-hybridized carbons (Fsp3) is 0.435. The first-order chi connectivity index (χ1) is 17.6. The predicted molar refractivity (Wildman–Crippen MR) is 137 cm³/mol. The number of thiazole rings is 1. The minimum Gasteiger partial charge on any atom is -0.465 e. The highest BCUT2D eigenvalue weighted by Crippen LogP contribution is 2.28. The highest BCUT2D eigenvalue weighted by molar-refractivity contribution is 7.15. The van der Waals surface area contributed by atoms with Gasteiger partial charge in [-0.3, -0.25) is 25.1 Å². The third kappa shape index (κ3) is 8.61. The molecule has 1 atom stereocenters. The van der Waals surface area contributed by atoms with Gasteiger partial charge in [0, 0.05) is 37.6 Å². The Hall–Kier alpha value is -3.91. The van der Waals surface area contributed by atoms with Gasteiger partial charge in [-0.25, -0.2) is 14.6 Å². The molecule has 1 saturated heterocycles. The normalized spacial score (nSPS) is 15.3. The summed E-state index contributed by atoms with van der Waals surface area (Å²) in [7, 11) is 1.65. The van der Waals surface area contributed by atoms with Crippen LogP contribution in [0.2, 0.25) is 0 Å². The molecule has 13 nitrogen and oxygen atoms in total.